The van der Waals surface area contributed by atoms with Crippen molar-refractivity contribution in [2.45, 2.75) is 25.5 Å². The predicted octanol–water partition coefficient (Wildman–Crippen LogP) is 3.94. The molecule has 6 nitrogen and oxygen atoms in total. The van der Waals surface area contributed by atoms with Crippen molar-refractivity contribution in [3.05, 3.63) is 82.0 Å². The third-order valence-electron chi connectivity index (χ3n) is 5.72. The number of hydrogen-bond acceptors (Lipinski definition) is 5. The standard InChI is InChI=1S/C24H24ClN3O3/c25-18-1-2-19(26-12-18)16-31-23-9-10-28(24(29)11-23)21-5-7-22(8-6-21)30-15-17-13-27(14-17)20-3-4-20/h1-2,5-12,17,20H,3-4,13-16H2. The fraction of sp³-hybridized carbons (Fsp3) is 0.333. The number of pyridine rings is 2. The molecule has 0 amide bonds. The molecule has 2 aromatic heterocycles. The Balaban J connectivity index is 1.16. The molecule has 3 heterocycles. The Bertz CT molecular complexity index is 1090. The molecule has 1 aliphatic carbocycles. The molecule has 0 spiro atoms. The zero-order valence-electron chi connectivity index (χ0n) is 17.1. The van der Waals surface area contributed by atoms with E-state index in [-0.39, 0.29) is 12.2 Å². The SMILES string of the molecule is O=c1cc(OCc2ccc(Cl)cn2)ccn1-c1ccc(OCC2CN(C3CC3)C2)cc1. The molecule has 0 unspecified atom stereocenters. The topological polar surface area (TPSA) is 56.6 Å². The van der Waals surface area contributed by atoms with Crippen molar-refractivity contribution in [3.8, 4) is 17.2 Å². The number of ether oxygens (including phenoxy) is 2. The quantitative estimate of drug-likeness (QED) is 0.534. The van der Waals surface area contributed by atoms with Gasteiger partial charge < -0.3 is 9.47 Å². The lowest BCUT2D eigenvalue weighted by molar-refractivity contribution is 0.0554. The van der Waals surface area contributed by atoms with E-state index in [0.29, 0.717) is 16.7 Å². The molecule has 5 rings (SSSR count). The molecular formula is C24H24ClN3O3. The first-order chi connectivity index (χ1) is 15.1. The van der Waals surface area contributed by atoms with E-state index in [9.17, 15) is 4.79 Å². The molecule has 0 N–H and O–H groups in total. The van der Waals surface area contributed by atoms with Gasteiger partial charge in [-0.1, -0.05) is 11.6 Å². The van der Waals surface area contributed by atoms with Crippen molar-refractivity contribution >= 4 is 11.6 Å². The Labute approximate surface area is 186 Å². The van der Waals surface area contributed by atoms with Crippen molar-refractivity contribution in [3.63, 3.8) is 0 Å². The van der Waals surface area contributed by atoms with E-state index >= 15 is 0 Å². The van der Waals surface area contributed by atoms with Gasteiger partial charge >= 0.3 is 0 Å². The molecule has 1 saturated carbocycles. The van der Waals surface area contributed by atoms with Crippen molar-refractivity contribution < 1.29 is 9.47 Å². The predicted molar refractivity (Wildman–Crippen MR) is 119 cm³/mol. The molecule has 1 aromatic carbocycles. The summed E-state index contributed by atoms with van der Waals surface area (Å²) in [6, 6.07) is 15.3. The van der Waals surface area contributed by atoms with E-state index in [1.54, 1.807) is 35.2 Å². The van der Waals surface area contributed by atoms with Crippen LogP contribution in [0.5, 0.6) is 11.5 Å². The molecule has 2 aliphatic rings. The maximum Gasteiger partial charge on any atom is 0.258 e. The molecular weight excluding hydrogens is 414 g/mol. The Morgan fingerprint density at radius 3 is 2.48 bits per heavy atom. The van der Waals surface area contributed by atoms with Gasteiger partial charge in [0.15, 0.2) is 0 Å². The highest BCUT2D eigenvalue weighted by Crippen LogP contribution is 2.33. The molecule has 2 fully saturated rings. The highest BCUT2D eigenvalue weighted by molar-refractivity contribution is 6.30. The average molecular weight is 438 g/mol. The molecule has 1 saturated heterocycles. The van der Waals surface area contributed by atoms with Crippen LogP contribution < -0.4 is 15.0 Å². The maximum absolute atomic E-state index is 12.5. The summed E-state index contributed by atoms with van der Waals surface area (Å²) in [6.07, 6.45) is 6.01. The van der Waals surface area contributed by atoms with Crippen molar-refractivity contribution in [1.29, 1.82) is 0 Å². The zero-order chi connectivity index (χ0) is 21.2. The van der Waals surface area contributed by atoms with Gasteiger partial charge in [0.2, 0.25) is 0 Å². The summed E-state index contributed by atoms with van der Waals surface area (Å²) >= 11 is 5.84. The Morgan fingerprint density at radius 2 is 1.81 bits per heavy atom. The van der Waals surface area contributed by atoms with Gasteiger partial charge in [0.1, 0.15) is 18.1 Å². The fourth-order valence-corrected chi connectivity index (χ4v) is 3.89. The summed E-state index contributed by atoms with van der Waals surface area (Å²) in [4.78, 5) is 19.3. The van der Waals surface area contributed by atoms with Gasteiger partial charge in [-0.25, -0.2) is 0 Å². The van der Waals surface area contributed by atoms with Crippen LogP contribution in [-0.2, 0) is 6.61 Å². The van der Waals surface area contributed by atoms with Crippen LogP contribution in [-0.4, -0.2) is 40.2 Å². The van der Waals surface area contributed by atoms with Crippen molar-refractivity contribution in [2.75, 3.05) is 19.7 Å². The van der Waals surface area contributed by atoms with E-state index in [4.69, 9.17) is 21.1 Å². The van der Waals surface area contributed by atoms with E-state index in [2.05, 4.69) is 9.88 Å². The Morgan fingerprint density at radius 1 is 1.00 bits per heavy atom. The minimum Gasteiger partial charge on any atom is -0.493 e. The summed E-state index contributed by atoms with van der Waals surface area (Å²) in [5, 5.41) is 0.575. The minimum absolute atomic E-state index is 0.162. The summed E-state index contributed by atoms with van der Waals surface area (Å²) in [6.45, 7) is 3.32. The number of likely N-dealkylation sites (tertiary alicyclic amines) is 1. The van der Waals surface area contributed by atoms with Crippen molar-refractivity contribution in [2.24, 2.45) is 5.92 Å². The summed E-state index contributed by atoms with van der Waals surface area (Å²) in [5.74, 6) is 1.95. The van der Waals surface area contributed by atoms with Crippen LogP contribution in [0.25, 0.3) is 5.69 Å². The molecule has 3 aromatic rings. The first-order valence-corrected chi connectivity index (χ1v) is 10.9. The molecule has 31 heavy (non-hydrogen) atoms. The first kappa shape index (κ1) is 20.1. The lowest BCUT2D eigenvalue weighted by Gasteiger charge is -2.39. The highest BCUT2D eigenvalue weighted by Gasteiger charge is 2.37. The molecule has 0 radical (unpaired) electrons. The van der Waals surface area contributed by atoms with Crippen LogP contribution in [0.15, 0.2) is 65.7 Å². The molecule has 0 bridgehead atoms. The Hall–Kier alpha value is -2.83. The van der Waals surface area contributed by atoms with Gasteiger partial charge in [-0.05, 0) is 55.3 Å². The summed E-state index contributed by atoms with van der Waals surface area (Å²) < 4.78 is 13.2. The molecule has 7 heteroatoms. The zero-order valence-corrected chi connectivity index (χ0v) is 17.9. The number of benzene rings is 1. The third kappa shape index (κ3) is 4.92. The monoisotopic (exact) mass is 437 g/mol. The van der Waals surface area contributed by atoms with E-state index in [0.717, 1.165) is 42.9 Å². The minimum atomic E-state index is -0.162. The third-order valence-corrected chi connectivity index (χ3v) is 5.94. The second-order valence-electron chi connectivity index (χ2n) is 8.18. The van der Waals surface area contributed by atoms with Crippen LogP contribution >= 0.6 is 11.6 Å². The van der Waals surface area contributed by atoms with E-state index in [1.165, 1.54) is 18.9 Å². The van der Waals surface area contributed by atoms with Gasteiger partial charge in [0.05, 0.1) is 17.3 Å². The molecule has 160 valence electrons. The normalized spacial score (nSPS) is 16.7. The molecule has 1 aliphatic heterocycles. The van der Waals surface area contributed by atoms with Gasteiger partial charge in [-0.3, -0.25) is 19.2 Å². The van der Waals surface area contributed by atoms with Gasteiger partial charge in [0.25, 0.3) is 5.56 Å². The van der Waals surface area contributed by atoms with E-state index in [1.807, 2.05) is 24.3 Å². The second-order valence-corrected chi connectivity index (χ2v) is 8.62. The highest BCUT2D eigenvalue weighted by atomic mass is 35.5. The van der Waals surface area contributed by atoms with Crippen LogP contribution in [0.1, 0.15) is 18.5 Å². The van der Waals surface area contributed by atoms with Gasteiger partial charge in [0, 0.05) is 49.2 Å². The van der Waals surface area contributed by atoms with Crippen LogP contribution in [0.4, 0.5) is 0 Å². The average Bonchev–Trinajstić information content (AvgIpc) is 3.58. The second kappa shape index (κ2) is 8.73. The molecule has 0 atom stereocenters. The Kier molecular flexibility index (Phi) is 5.66. The van der Waals surface area contributed by atoms with Crippen LogP contribution in [0.3, 0.4) is 0 Å². The number of rotatable bonds is 8. The lowest BCUT2D eigenvalue weighted by Crippen LogP contribution is -2.50. The summed E-state index contributed by atoms with van der Waals surface area (Å²) in [5.41, 5.74) is 1.36. The van der Waals surface area contributed by atoms with Gasteiger partial charge in [-0.15, -0.1) is 0 Å². The van der Waals surface area contributed by atoms with E-state index < -0.39 is 0 Å². The lowest BCUT2D eigenvalue weighted by atomic mass is 10.0. The number of halogens is 1. The largest absolute Gasteiger partial charge is 0.493 e. The van der Waals surface area contributed by atoms with Crippen LogP contribution in [0, 0.1) is 5.92 Å². The number of aromatic nitrogens is 2. The number of hydrogen-bond donors (Lipinski definition) is 0. The fourth-order valence-electron chi connectivity index (χ4n) is 3.78. The van der Waals surface area contributed by atoms with Crippen LogP contribution in [0.2, 0.25) is 5.02 Å². The summed E-state index contributed by atoms with van der Waals surface area (Å²) in [7, 11) is 0. The van der Waals surface area contributed by atoms with Gasteiger partial charge in [-0.2, -0.15) is 0 Å². The smallest absolute Gasteiger partial charge is 0.258 e. The number of nitrogens with zero attached hydrogens (tertiary/aromatic N) is 3. The van der Waals surface area contributed by atoms with Crippen molar-refractivity contribution in [1.82, 2.24) is 14.5 Å². The maximum atomic E-state index is 12.5. The first-order valence-electron chi connectivity index (χ1n) is 10.6.